The molecular weight excluding hydrogens is 358 g/mol. The predicted octanol–water partition coefficient (Wildman–Crippen LogP) is 3.20. The fraction of sp³-hybridized carbons (Fsp3) is 0.450. The molecule has 2 heterocycles. The van der Waals surface area contributed by atoms with Crippen LogP contribution in [0.1, 0.15) is 31.4 Å². The Hall–Kier alpha value is -2.87. The van der Waals surface area contributed by atoms with E-state index in [2.05, 4.69) is 23.4 Å². The number of benzene rings is 1. The zero-order valence-corrected chi connectivity index (χ0v) is 16.4. The number of aromatic nitrogens is 1. The van der Waals surface area contributed by atoms with Crippen molar-refractivity contribution in [2.45, 2.75) is 32.7 Å². The minimum Gasteiger partial charge on any atom is -0.324 e. The minimum absolute atomic E-state index is 0.125. The van der Waals surface area contributed by atoms with Gasteiger partial charge in [-0.1, -0.05) is 6.08 Å². The SMILES string of the molecule is CCN(CC)C(=O)Nn1cc2c3c(c([N+](=O)[O-])ccc31)C1=CCCN(C)[C@@H]1C2. The maximum absolute atomic E-state index is 12.6. The Kier molecular flexibility index (Phi) is 4.58. The van der Waals surface area contributed by atoms with Crippen LogP contribution >= 0.6 is 0 Å². The van der Waals surface area contributed by atoms with Gasteiger partial charge in [0, 0.05) is 43.3 Å². The summed E-state index contributed by atoms with van der Waals surface area (Å²) in [7, 11) is 2.06. The molecule has 28 heavy (non-hydrogen) atoms. The van der Waals surface area contributed by atoms with Gasteiger partial charge in [0.05, 0.1) is 16.0 Å². The lowest BCUT2D eigenvalue weighted by Gasteiger charge is -2.36. The standard InChI is InChI=1S/C20H25N5O3/c1-4-23(5-2)20(26)21-24-12-13-11-17-14(7-6-10-22(17)3)19-16(25(27)28)9-8-15(24)18(13)19/h7-9,12,17H,4-6,10-11H2,1-3H3,(H,21,26)/t17-/m1/s1. The van der Waals surface area contributed by atoms with E-state index in [1.54, 1.807) is 21.7 Å². The van der Waals surface area contributed by atoms with Gasteiger partial charge in [0.2, 0.25) is 0 Å². The molecule has 8 nitrogen and oxygen atoms in total. The predicted molar refractivity (Wildman–Crippen MR) is 109 cm³/mol. The molecule has 1 atom stereocenters. The van der Waals surface area contributed by atoms with Crippen LogP contribution in [0.4, 0.5) is 10.5 Å². The normalized spacial score (nSPS) is 18.5. The number of nitro groups is 1. The lowest BCUT2D eigenvalue weighted by atomic mass is 9.81. The number of likely N-dealkylation sites (N-methyl/N-ethyl adjacent to an activating group) is 1. The van der Waals surface area contributed by atoms with Gasteiger partial charge < -0.3 is 4.90 Å². The molecule has 148 valence electrons. The first-order valence-electron chi connectivity index (χ1n) is 9.74. The number of nitrogens with one attached hydrogen (secondary N) is 1. The van der Waals surface area contributed by atoms with Crippen LogP contribution in [0, 0.1) is 10.1 Å². The maximum atomic E-state index is 12.6. The van der Waals surface area contributed by atoms with Crippen molar-refractivity contribution < 1.29 is 9.72 Å². The Labute approximate surface area is 163 Å². The molecule has 0 unspecified atom stereocenters. The highest BCUT2D eigenvalue weighted by Crippen LogP contribution is 2.44. The monoisotopic (exact) mass is 383 g/mol. The molecule has 8 heteroatoms. The fourth-order valence-corrected chi connectivity index (χ4v) is 4.47. The molecule has 1 N–H and O–H groups in total. The van der Waals surface area contributed by atoms with E-state index in [-0.39, 0.29) is 22.7 Å². The zero-order valence-electron chi connectivity index (χ0n) is 16.4. The molecule has 0 fully saturated rings. The van der Waals surface area contributed by atoms with Gasteiger partial charge in [-0.15, -0.1) is 0 Å². The Balaban J connectivity index is 1.88. The number of nitro benzene ring substituents is 1. The molecule has 0 saturated heterocycles. The third kappa shape index (κ3) is 2.75. The van der Waals surface area contributed by atoms with E-state index in [0.29, 0.717) is 18.7 Å². The molecule has 4 rings (SSSR count). The second-order valence-electron chi connectivity index (χ2n) is 7.37. The van der Waals surface area contributed by atoms with Crippen LogP contribution in [0.2, 0.25) is 0 Å². The van der Waals surface area contributed by atoms with E-state index in [9.17, 15) is 14.9 Å². The molecule has 0 bridgehead atoms. The number of amides is 2. The highest BCUT2D eigenvalue weighted by atomic mass is 16.6. The average molecular weight is 383 g/mol. The minimum atomic E-state index is -0.303. The number of urea groups is 1. The molecule has 0 radical (unpaired) electrons. The van der Waals surface area contributed by atoms with Crippen LogP contribution < -0.4 is 5.43 Å². The Morgan fingerprint density at radius 1 is 1.36 bits per heavy atom. The quantitative estimate of drug-likeness (QED) is 0.649. The summed E-state index contributed by atoms with van der Waals surface area (Å²) in [5.41, 5.74) is 6.64. The maximum Gasteiger partial charge on any atom is 0.336 e. The van der Waals surface area contributed by atoms with E-state index in [4.69, 9.17) is 0 Å². The second kappa shape index (κ2) is 6.94. The summed E-state index contributed by atoms with van der Waals surface area (Å²) in [6, 6.07) is 3.23. The van der Waals surface area contributed by atoms with Crippen molar-refractivity contribution in [1.29, 1.82) is 0 Å². The molecule has 2 aliphatic rings. The number of hydrogen-bond donors (Lipinski definition) is 1. The first kappa shape index (κ1) is 18.5. The van der Waals surface area contributed by atoms with Gasteiger partial charge >= 0.3 is 6.03 Å². The van der Waals surface area contributed by atoms with Crippen LogP contribution in [0.3, 0.4) is 0 Å². The molecule has 0 saturated carbocycles. The number of carbonyl (C=O) groups excluding carboxylic acids is 1. The summed E-state index contributed by atoms with van der Waals surface area (Å²) < 4.78 is 1.72. The molecule has 1 aliphatic carbocycles. The highest BCUT2D eigenvalue weighted by molar-refractivity contribution is 6.03. The van der Waals surface area contributed by atoms with Gasteiger partial charge in [0.1, 0.15) is 0 Å². The van der Waals surface area contributed by atoms with E-state index >= 15 is 0 Å². The van der Waals surface area contributed by atoms with Gasteiger partial charge in [-0.05, 0) is 50.9 Å². The zero-order chi connectivity index (χ0) is 20.0. The lowest BCUT2D eigenvalue weighted by molar-refractivity contribution is -0.385. The summed E-state index contributed by atoms with van der Waals surface area (Å²) in [5.74, 6) is 0. The largest absolute Gasteiger partial charge is 0.336 e. The van der Waals surface area contributed by atoms with Crippen molar-refractivity contribution in [3.05, 3.63) is 45.6 Å². The van der Waals surface area contributed by atoms with Gasteiger partial charge in [-0.25, -0.2) is 10.2 Å². The highest BCUT2D eigenvalue weighted by Gasteiger charge is 2.36. The third-order valence-corrected chi connectivity index (χ3v) is 5.93. The van der Waals surface area contributed by atoms with Gasteiger partial charge in [-0.2, -0.15) is 0 Å². The number of fused-ring (bicyclic) bond motifs is 2. The first-order valence-corrected chi connectivity index (χ1v) is 9.74. The van der Waals surface area contributed by atoms with Crippen LogP contribution in [0.15, 0.2) is 24.4 Å². The van der Waals surface area contributed by atoms with E-state index in [1.165, 1.54) is 0 Å². The van der Waals surface area contributed by atoms with Gasteiger partial charge in [0.25, 0.3) is 5.69 Å². The van der Waals surface area contributed by atoms with Crippen molar-refractivity contribution in [1.82, 2.24) is 14.5 Å². The Morgan fingerprint density at radius 2 is 2.11 bits per heavy atom. The Morgan fingerprint density at radius 3 is 2.79 bits per heavy atom. The van der Waals surface area contributed by atoms with E-state index in [0.717, 1.165) is 41.4 Å². The van der Waals surface area contributed by atoms with Crippen molar-refractivity contribution >= 4 is 28.2 Å². The average Bonchev–Trinajstić information content (AvgIpc) is 3.02. The Bertz CT molecular complexity index is 989. The smallest absolute Gasteiger partial charge is 0.324 e. The van der Waals surface area contributed by atoms with E-state index < -0.39 is 0 Å². The van der Waals surface area contributed by atoms with Crippen molar-refractivity contribution in [3.8, 4) is 0 Å². The van der Waals surface area contributed by atoms with Crippen molar-refractivity contribution in [3.63, 3.8) is 0 Å². The summed E-state index contributed by atoms with van der Waals surface area (Å²) in [5, 5.41) is 12.6. The van der Waals surface area contributed by atoms with Crippen molar-refractivity contribution in [2.75, 3.05) is 32.1 Å². The number of hydrogen-bond acceptors (Lipinski definition) is 4. The van der Waals surface area contributed by atoms with Gasteiger partial charge in [-0.3, -0.25) is 19.7 Å². The van der Waals surface area contributed by atoms with Gasteiger partial charge in [0.15, 0.2) is 0 Å². The summed E-state index contributed by atoms with van der Waals surface area (Å²) >= 11 is 0. The van der Waals surface area contributed by atoms with Crippen molar-refractivity contribution in [2.24, 2.45) is 0 Å². The van der Waals surface area contributed by atoms with Crippen LogP contribution in [-0.4, -0.2) is 58.2 Å². The molecule has 2 aromatic rings. The first-order chi connectivity index (χ1) is 13.5. The van der Waals surface area contributed by atoms with Crippen LogP contribution in [0.25, 0.3) is 16.5 Å². The topological polar surface area (TPSA) is 83.6 Å². The molecule has 1 aromatic carbocycles. The lowest BCUT2D eigenvalue weighted by Crippen LogP contribution is -2.39. The summed E-state index contributed by atoms with van der Waals surface area (Å²) in [6.45, 7) is 6.04. The third-order valence-electron chi connectivity index (χ3n) is 5.93. The summed E-state index contributed by atoms with van der Waals surface area (Å²) in [4.78, 5) is 28.0. The fourth-order valence-electron chi connectivity index (χ4n) is 4.47. The molecule has 0 spiro atoms. The van der Waals surface area contributed by atoms with Crippen LogP contribution in [-0.2, 0) is 6.42 Å². The number of rotatable bonds is 4. The molecular formula is C20H25N5O3. The molecule has 2 amide bonds. The van der Waals surface area contributed by atoms with E-state index in [1.807, 2.05) is 20.0 Å². The second-order valence-corrected chi connectivity index (χ2v) is 7.37. The number of carbonyl (C=O) groups is 1. The summed E-state index contributed by atoms with van der Waals surface area (Å²) in [6.07, 6.45) is 5.71. The molecule has 1 aromatic heterocycles. The molecule has 1 aliphatic heterocycles. The van der Waals surface area contributed by atoms with Crippen LogP contribution in [0.5, 0.6) is 0 Å². The number of nitrogens with zero attached hydrogens (tertiary/aromatic N) is 4.